The van der Waals surface area contributed by atoms with Gasteiger partial charge >= 0.3 is 11.9 Å². The number of nitrogens with zero attached hydrogens (tertiary/aromatic N) is 4. The van der Waals surface area contributed by atoms with Crippen LogP contribution in [0.4, 0.5) is 0 Å². The number of esters is 1. The first-order valence-electron chi connectivity index (χ1n) is 33.2. The van der Waals surface area contributed by atoms with Crippen LogP contribution in [0.15, 0.2) is 29.6 Å². The number of Topliss-reactive ketones (excluding diaryl/α,β-unsaturated/α-hetero) is 2. The van der Waals surface area contributed by atoms with Gasteiger partial charge in [0.1, 0.15) is 10.7 Å². The molecule has 1 aromatic carbocycles. The molecule has 1 saturated heterocycles. The molecular formula is C68H106N8O17S. The van der Waals surface area contributed by atoms with Gasteiger partial charge < -0.3 is 50.0 Å². The number of amides is 7. The van der Waals surface area contributed by atoms with Gasteiger partial charge in [0.25, 0.3) is 24.2 Å². The molecule has 1 aliphatic rings. The van der Waals surface area contributed by atoms with Crippen molar-refractivity contribution < 1.29 is 81.3 Å². The van der Waals surface area contributed by atoms with Crippen molar-refractivity contribution in [2.24, 2.45) is 29.6 Å². The fourth-order valence-electron chi connectivity index (χ4n) is 10.8. The lowest BCUT2D eigenvalue weighted by molar-refractivity contribution is -0.197. The number of thiazole rings is 1. The molecule has 1 aromatic heterocycles. The van der Waals surface area contributed by atoms with Gasteiger partial charge in [-0.1, -0.05) is 84.7 Å². The third-order valence-electron chi connectivity index (χ3n) is 17.0. The average Bonchev–Trinajstić information content (AvgIpc) is 0.933. The van der Waals surface area contributed by atoms with Crippen molar-refractivity contribution in [3.63, 3.8) is 0 Å². The Kier molecular flexibility index (Phi) is 36.6. The van der Waals surface area contributed by atoms with E-state index in [0.29, 0.717) is 81.4 Å². The molecule has 26 heteroatoms. The van der Waals surface area contributed by atoms with E-state index in [1.807, 2.05) is 72.7 Å². The molecule has 1 fully saturated rings. The minimum Gasteiger partial charge on any atom is -0.468 e. The maximum atomic E-state index is 15.3. The number of hydroxylamine groups is 2. The van der Waals surface area contributed by atoms with Gasteiger partial charge in [0.05, 0.1) is 38.0 Å². The Morgan fingerprint density at radius 3 is 2.13 bits per heavy atom. The number of hydrogen-bond acceptors (Lipinski definition) is 20. The Morgan fingerprint density at radius 1 is 0.819 bits per heavy atom. The number of rotatable bonds is 48. The SMILES string of the molecule is CCCN(C(=O)[C@@H](CC(=O)C(C)(C)N(C)CCC(=O)NC(CCCCNC(=O)CCOCCOC)C(=O)CC(C)C(=O)NCCCC(=O)ON1C(=O)CCC1=O)C(C)CC)[C@H](C[C@@H](OC(C)=O)c1nc(C(=O)N[C@@H](Cc2ccc(C)cc2)CC(C)COC=O)cs1)C(C)C. The summed E-state index contributed by atoms with van der Waals surface area (Å²) in [5.74, 6) is -7.08. The molecule has 0 bridgehead atoms. The van der Waals surface area contributed by atoms with Crippen LogP contribution in [-0.4, -0.2) is 182 Å². The van der Waals surface area contributed by atoms with E-state index in [9.17, 15) is 52.7 Å². The predicted octanol–water partition coefficient (Wildman–Crippen LogP) is 6.89. The highest BCUT2D eigenvalue weighted by Gasteiger charge is 2.41. The van der Waals surface area contributed by atoms with Crippen LogP contribution in [-0.2, 0) is 82.9 Å². The molecule has 7 amide bonds. The van der Waals surface area contributed by atoms with E-state index in [4.69, 9.17) is 28.8 Å². The lowest BCUT2D eigenvalue weighted by Gasteiger charge is -2.40. The van der Waals surface area contributed by atoms with Crippen LogP contribution in [0.1, 0.15) is 198 Å². The van der Waals surface area contributed by atoms with Crippen molar-refractivity contribution in [3.8, 4) is 0 Å². The van der Waals surface area contributed by atoms with E-state index in [2.05, 4.69) is 21.3 Å². The summed E-state index contributed by atoms with van der Waals surface area (Å²) in [6, 6.07) is 6.19. The summed E-state index contributed by atoms with van der Waals surface area (Å²) in [6.07, 6.45) is 2.07. The van der Waals surface area contributed by atoms with Gasteiger partial charge in [0.15, 0.2) is 17.7 Å². The van der Waals surface area contributed by atoms with Crippen molar-refractivity contribution in [2.75, 3.05) is 66.8 Å². The van der Waals surface area contributed by atoms with E-state index in [1.54, 1.807) is 50.1 Å². The third kappa shape index (κ3) is 28.5. The van der Waals surface area contributed by atoms with Crippen LogP contribution in [0.3, 0.4) is 0 Å². The number of carbonyl (C=O) groups is 12. The second-order valence-corrected chi connectivity index (χ2v) is 26.5. The molecule has 2 aromatic rings. The number of carbonyl (C=O) groups excluding carboxylic acids is 12. The first kappa shape index (κ1) is 81.2. The van der Waals surface area contributed by atoms with E-state index in [0.717, 1.165) is 11.1 Å². The minimum absolute atomic E-state index is 0.0397. The number of ketones is 2. The monoisotopic (exact) mass is 1340 g/mol. The minimum atomic E-state index is -1.18. The molecule has 0 aliphatic carbocycles. The smallest absolute Gasteiger partial charge is 0.333 e. The first-order valence-corrected chi connectivity index (χ1v) is 34.0. The molecule has 94 heavy (non-hydrogen) atoms. The normalized spacial score (nSPS) is 15.0. The molecule has 2 heterocycles. The van der Waals surface area contributed by atoms with Crippen LogP contribution in [0.25, 0.3) is 0 Å². The molecule has 526 valence electrons. The van der Waals surface area contributed by atoms with Crippen molar-refractivity contribution in [1.82, 2.24) is 41.1 Å². The standard InChI is InChI=1S/C68H106N8O17S/c1-14-31-75(55(44(3)4)40-57(92-49(9)78)66-73-54(42-94-66)65(87)71-51(36-46(6)41-91-43-77)38-50-23-21-45(5)22-24-50)67(88)52(47(7)15-2)39-58(80)68(10,11)74(12)32-27-60(82)72-53(19-16-17-29-69-59(81)28-33-90-35-34-89-13)56(79)37-48(8)64(86)70-30-18-20-63(85)93-76-61(83)25-26-62(76)84/h21-24,42-44,46-48,51-53,55,57H,14-20,25-41H2,1-13H3,(H,69,81)(H,70,86)(H,71,87)(H,72,82)/t46?,47?,48?,51-,52+,53?,55-,57-/m1/s1. The molecule has 8 atom stereocenters. The number of aromatic nitrogens is 1. The number of nitrogens with one attached hydrogen (secondary N) is 4. The van der Waals surface area contributed by atoms with E-state index < -0.39 is 82.8 Å². The zero-order valence-electron chi connectivity index (χ0n) is 57.8. The number of likely N-dealkylation sites (N-methyl/N-ethyl adjacent to an activating group) is 1. The molecular weight excluding hydrogens is 1230 g/mol. The predicted molar refractivity (Wildman–Crippen MR) is 352 cm³/mol. The van der Waals surface area contributed by atoms with Crippen molar-refractivity contribution in [2.45, 2.75) is 209 Å². The second-order valence-electron chi connectivity index (χ2n) is 25.6. The number of hydrogen-bond donors (Lipinski definition) is 4. The van der Waals surface area contributed by atoms with Gasteiger partial charge in [-0.2, -0.15) is 0 Å². The summed E-state index contributed by atoms with van der Waals surface area (Å²) in [6.45, 7) is 22.4. The number of benzene rings is 1. The van der Waals surface area contributed by atoms with Gasteiger partial charge in [-0.25, -0.2) is 9.78 Å². The summed E-state index contributed by atoms with van der Waals surface area (Å²) < 4.78 is 21.3. The molecule has 1 aliphatic heterocycles. The Hall–Kier alpha value is -7.03. The van der Waals surface area contributed by atoms with Crippen LogP contribution in [0, 0.1) is 36.5 Å². The molecule has 4 N–H and O–H groups in total. The Balaban J connectivity index is 1.75. The largest absolute Gasteiger partial charge is 0.468 e. The highest BCUT2D eigenvalue weighted by atomic mass is 32.1. The summed E-state index contributed by atoms with van der Waals surface area (Å²) in [4.78, 5) is 170. The fraction of sp³-hybridized carbons (Fsp3) is 0.691. The van der Waals surface area contributed by atoms with Gasteiger partial charge in [0, 0.05) is 121 Å². The van der Waals surface area contributed by atoms with E-state index >= 15 is 4.79 Å². The number of aryl methyl sites for hydroxylation is 1. The van der Waals surface area contributed by atoms with E-state index in [1.165, 1.54) is 18.3 Å². The Bertz CT molecular complexity index is 2780. The van der Waals surface area contributed by atoms with Crippen molar-refractivity contribution in [1.29, 1.82) is 0 Å². The summed E-state index contributed by atoms with van der Waals surface area (Å²) in [7, 11) is 3.27. The Morgan fingerprint density at radius 2 is 1.50 bits per heavy atom. The first-order chi connectivity index (χ1) is 44.6. The highest BCUT2D eigenvalue weighted by molar-refractivity contribution is 7.09. The summed E-state index contributed by atoms with van der Waals surface area (Å²) >= 11 is 1.17. The molecule has 4 unspecified atom stereocenters. The van der Waals surface area contributed by atoms with Crippen LogP contribution in [0.5, 0.6) is 0 Å². The number of ether oxygens (including phenoxy) is 4. The maximum absolute atomic E-state index is 15.3. The summed E-state index contributed by atoms with van der Waals surface area (Å²) in [5, 5.41) is 14.0. The highest BCUT2D eigenvalue weighted by Crippen LogP contribution is 2.34. The molecule has 0 saturated carbocycles. The van der Waals surface area contributed by atoms with Crippen molar-refractivity contribution >= 4 is 82.7 Å². The molecule has 0 spiro atoms. The summed E-state index contributed by atoms with van der Waals surface area (Å²) in [5.41, 5.74) is 1.07. The molecule has 25 nitrogen and oxygen atoms in total. The zero-order valence-corrected chi connectivity index (χ0v) is 58.6. The van der Waals surface area contributed by atoms with Gasteiger partial charge in [0.2, 0.25) is 23.6 Å². The van der Waals surface area contributed by atoms with Crippen LogP contribution < -0.4 is 21.3 Å². The number of imide groups is 1. The third-order valence-corrected chi connectivity index (χ3v) is 18.0. The quantitative estimate of drug-likeness (QED) is 0.0227. The van der Waals surface area contributed by atoms with Gasteiger partial charge in [-0.05, 0) is 96.1 Å². The van der Waals surface area contributed by atoms with Crippen LogP contribution >= 0.6 is 11.3 Å². The van der Waals surface area contributed by atoms with E-state index in [-0.39, 0.29) is 138 Å². The van der Waals surface area contributed by atoms with Gasteiger partial charge in [-0.3, -0.25) is 57.6 Å². The average molecular weight is 1340 g/mol. The fourth-order valence-corrected chi connectivity index (χ4v) is 11.6. The number of unbranched alkanes of at least 4 members (excludes halogenated alkanes) is 1. The second kappa shape index (κ2) is 42.4. The maximum Gasteiger partial charge on any atom is 0.333 e. The van der Waals surface area contributed by atoms with Crippen LogP contribution in [0.2, 0.25) is 0 Å². The lowest BCUT2D eigenvalue weighted by atomic mass is 9.81. The molecule has 3 rings (SSSR count). The van der Waals surface area contributed by atoms with Crippen molar-refractivity contribution in [3.05, 3.63) is 51.5 Å². The lowest BCUT2D eigenvalue weighted by Crippen LogP contribution is -2.52. The number of methoxy groups -OCH3 is 1. The molecule has 0 radical (unpaired) electrons. The van der Waals surface area contributed by atoms with Gasteiger partial charge in [-0.15, -0.1) is 16.4 Å². The zero-order chi connectivity index (χ0) is 70.1. The Labute approximate surface area is 559 Å². The topological polar surface area (TPSA) is 322 Å².